The summed E-state index contributed by atoms with van der Waals surface area (Å²) in [5, 5.41) is 0.754. The summed E-state index contributed by atoms with van der Waals surface area (Å²) >= 11 is 1.64. The van der Waals surface area contributed by atoms with Gasteiger partial charge in [0, 0.05) is 17.5 Å². The van der Waals surface area contributed by atoms with Crippen molar-refractivity contribution in [3.8, 4) is 0 Å². The minimum Gasteiger partial charge on any atom is -0.338 e. The van der Waals surface area contributed by atoms with E-state index in [9.17, 15) is 9.59 Å². The standard InChI is InChI=1S/C17H21N3O2S/c1-11-5-2-3-8-20(11)14(21)9-19-10-18-16-15(17(19)22)12-6-4-7-13(12)23-16/h10-11H,2-9H2,1H3. The molecule has 0 radical (unpaired) electrons. The molecule has 5 nitrogen and oxygen atoms in total. The molecule has 1 amide bonds. The van der Waals surface area contributed by atoms with Gasteiger partial charge in [0.15, 0.2) is 0 Å². The molecule has 1 atom stereocenters. The molecular formula is C17H21N3O2S. The minimum atomic E-state index is -0.0487. The van der Waals surface area contributed by atoms with Gasteiger partial charge in [-0.3, -0.25) is 14.2 Å². The van der Waals surface area contributed by atoms with Gasteiger partial charge in [0.05, 0.1) is 11.7 Å². The van der Waals surface area contributed by atoms with Gasteiger partial charge < -0.3 is 4.90 Å². The van der Waals surface area contributed by atoms with Crippen LogP contribution < -0.4 is 5.56 Å². The van der Waals surface area contributed by atoms with Crippen molar-refractivity contribution in [1.82, 2.24) is 14.5 Å². The first-order valence-corrected chi connectivity index (χ1v) is 9.26. The molecular weight excluding hydrogens is 310 g/mol. The van der Waals surface area contributed by atoms with Crippen LogP contribution in [-0.2, 0) is 24.2 Å². The molecule has 4 rings (SSSR count). The summed E-state index contributed by atoms with van der Waals surface area (Å²) in [4.78, 5) is 33.9. The zero-order valence-corrected chi connectivity index (χ0v) is 14.2. The van der Waals surface area contributed by atoms with Crippen molar-refractivity contribution in [2.24, 2.45) is 0 Å². The van der Waals surface area contributed by atoms with Crippen molar-refractivity contribution in [2.75, 3.05) is 6.54 Å². The van der Waals surface area contributed by atoms with Crippen LogP contribution in [0.3, 0.4) is 0 Å². The maximum Gasteiger partial charge on any atom is 0.262 e. The van der Waals surface area contributed by atoms with Crippen LogP contribution >= 0.6 is 11.3 Å². The van der Waals surface area contributed by atoms with Gasteiger partial charge in [0.25, 0.3) is 5.56 Å². The maximum atomic E-state index is 12.8. The van der Waals surface area contributed by atoms with Crippen molar-refractivity contribution in [3.63, 3.8) is 0 Å². The first-order valence-electron chi connectivity index (χ1n) is 8.44. The number of aromatic nitrogens is 2. The van der Waals surface area contributed by atoms with E-state index in [0.29, 0.717) is 0 Å². The monoisotopic (exact) mass is 331 g/mol. The summed E-state index contributed by atoms with van der Waals surface area (Å²) in [6.45, 7) is 3.00. The molecule has 1 aliphatic carbocycles. The molecule has 1 aliphatic heterocycles. The minimum absolute atomic E-state index is 0.0346. The molecule has 2 aromatic rings. The fourth-order valence-electron chi connectivity index (χ4n) is 3.84. The van der Waals surface area contributed by atoms with E-state index in [1.54, 1.807) is 17.7 Å². The highest BCUT2D eigenvalue weighted by Gasteiger charge is 2.25. The van der Waals surface area contributed by atoms with E-state index in [4.69, 9.17) is 0 Å². The van der Waals surface area contributed by atoms with Crippen LogP contribution in [-0.4, -0.2) is 32.9 Å². The number of piperidine rings is 1. The number of thiophene rings is 1. The molecule has 2 aliphatic rings. The van der Waals surface area contributed by atoms with Gasteiger partial charge in [-0.2, -0.15) is 0 Å². The summed E-state index contributed by atoms with van der Waals surface area (Å²) in [5.74, 6) is 0.0346. The molecule has 1 unspecified atom stereocenters. The van der Waals surface area contributed by atoms with Crippen LogP contribution in [0.2, 0.25) is 0 Å². The van der Waals surface area contributed by atoms with E-state index in [1.807, 2.05) is 4.90 Å². The number of nitrogens with zero attached hydrogens (tertiary/aromatic N) is 3. The Morgan fingerprint density at radius 1 is 1.35 bits per heavy atom. The van der Waals surface area contributed by atoms with E-state index in [-0.39, 0.29) is 24.1 Å². The molecule has 6 heteroatoms. The average Bonchev–Trinajstić information content (AvgIpc) is 3.11. The van der Waals surface area contributed by atoms with E-state index < -0.39 is 0 Å². The number of fused-ring (bicyclic) bond motifs is 3. The molecule has 2 aromatic heterocycles. The Kier molecular flexibility index (Phi) is 3.71. The van der Waals surface area contributed by atoms with Crippen LogP contribution in [0.15, 0.2) is 11.1 Å². The lowest BCUT2D eigenvalue weighted by Gasteiger charge is -2.33. The highest BCUT2D eigenvalue weighted by Crippen LogP contribution is 2.34. The van der Waals surface area contributed by atoms with Crippen molar-refractivity contribution in [1.29, 1.82) is 0 Å². The first kappa shape index (κ1) is 14.9. The fourth-order valence-corrected chi connectivity index (χ4v) is 5.06. The Labute approximate surface area is 138 Å². The summed E-state index contributed by atoms with van der Waals surface area (Å²) in [6.07, 6.45) is 7.97. The van der Waals surface area contributed by atoms with Crippen molar-refractivity contribution >= 4 is 27.5 Å². The van der Waals surface area contributed by atoms with Gasteiger partial charge in [-0.05, 0) is 51.0 Å². The van der Waals surface area contributed by atoms with Gasteiger partial charge in [0.1, 0.15) is 11.4 Å². The third-order valence-corrected chi connectivity index (χ3v) is 6.32. The molecule has 1 fully saturated rings. The van der Waals surface area contributed by atoms with Crippen LogP contribution in [0, 0.1) is 0 Å². The molecule has 23 heavy (non-hydrogen) atoms. The van der Waals surface area contributed by atoms with Gasteiger partial charge in [-0.25, -0.2) is 4.98 Å². The van der Waals surface area contributed by atoms with E-state index >= 15 is 0 Å². The lowest BCUT2D eigenvalue weighted by molar-refractivity contribution is -0.135. The van der Waals surface area contributed by atoms with Crippen LogP contribution in [0.5, 0.6) is 0 Å². The molecule has 0 bridgehead atoms. The smallest absolute Gasteiger partial charge is 0.262 e. The second kappa shape index (κ2) is 5.74. The summed E-state index contributed by atoms with van der Waals surface area (Å²) in [5.41, 5.74) is 1.13. The second-order valence-corrected chi connectivity index (χ2v) is 7.73. The van der Waals surface area contributed by atoms with E-state index in [1.165, 1.54) is 21.4 Å². The van der Waals surface area contributed by atoms with Crippen molar-refractivity contribution in [3.05, 3.63) is 27.1 Å². The molecule has 3 heterocycles. The zero-order chi connectivity index (χ0) is 16.0. The average molecular weight is 331 g/mol. The second-order valence-electron chi connectivity index (χ2n) is 6.65. The van der Waals surface area contributed by atoms with Crippen molar-refractivity contribution in [2.45, 2.75) is 58.0 Å². The number of hydrogen-bond donors (Lipinski definition) is 0. The SMILES string of the molecule is CC1CCCCN1C(=O)Cn1cnc2sc3c(c2c1=O)CCC3. The predicted molar refractivity (Wildman–Crippen MR) is 90.9 cm³/mol. The largest absolute Gasteiger partial charge is 0.338 e. The highest BCUT2D eigenvalue weighted by molar-refractivity contribution is 7.18. The molecule has 1 saturated heterocycles. The van der Waals surface area contributed by atoms with E-state index in [2.05, 4.69) is 11.9 Å². The van der Waals surface area contributed by atoms with Crippen LogP contribution in [0.25, 0.3) is 10.2 Å². The Hall–Kier alpha value is -1.69. The number of rotatable bonds is 2. The maximum absolute atomic E-state index is 12.8. The van der Waals surface area contributed by atoms with Gasteiger partial charge in [-0.1, -0.05) is 0 Å². The quantitative estimate of drug-likeness (QED) is 0.849. The number of likely N-dealkylation sites (tertiary alicyclic amines) is 1. The molecule has 0 saturated carbocycles. The summed E-state index contributed by atoms with van der Waals surface area (Å²) in [6, 6.07) is 0.272. The Bertz CT molecular complexity index is 823. The number of amides is 1. The molecule has 0 N–H and O–H groups in total. The van der Waals surface area contributed by atoms with Crippen LogP contribution in [0.4, 0.5) is 0 Å². The van der Waals surface area contributed by atoms with Gasteiger partial charge in [-0.15, -0.1) is 11.3 Å². The zero-order valence-electron chi connectivity index (χ0n) is 13.4. The number of carbonyl (C=O) groups excluding carboxylic acids is 1. The third kappa shape index (κ3) is 2.49. The lowest BCUT2D eigenvalue weighted by atomic mass is 10.0. The fraction of sp³-hybridized carbons (Fsp3) is 0.588. The molecule has 122 valence electrons. The first-order chi connectivity index (χ1) is 11.1. The Morgan fingerprint density at radius 3 is 3.04 bits per heavy atom. The summed E-state index contributed by atoms with van der Waals surface area (Å²) < 4.78 is 1.50. The topological polar surface area (TPSA) is 55.2 Å². The van der Waals surface area contributed by atoms with Gasteiger partial charge in [0.2, 0.25) is 5.91 Å². The van der Waals surface area contributed by atoms with Gasteiger partial charge >= 0.3 is 0 Å². The summed E-state index contributed by atoms with van der Waals surface area (Å²) in [7, 11) is 0. The number of aryl methyl sites for hydroxylation is 2. The lowest BCUT2D eigenvalue weighted by Crippen LogP contribution is -2.44. The molecule has 0 spiro atoms. The normalized spacial score (nSPS) is 20.9. The van der Waals surface area contributed by atoms with Crippen LogP contribution in [0.1, 0.15) is 43.0 Å². The predicted octanol–water partition coefficient (Wildman–Crippen LogP) is 2.35. The van der Waals surface area contributed by atoms with E-state index in [0.717, 1.165) is 48.9 Å². The Morgan fingerprint density at radius 2 is 2.22 bits per heavy atom. The molecule has 0 aromatic carbocycles. The third-order valence-electron chi connectivity index (χ3n) is 5.12. The number of hydrogen-bond acceptors (Lipinski definition) is 4. The highest BCUT2D eigenvalue weighted by atomic mass is 32.1. The van der Waals surface area contributed by atoms with Crippen molar-refractivity contribution < 1.29 is 4.79 Å². The Balaban J connectivity index is 1.65. The number of carbonyl (C=O) groups is 1.